The molecule has 2 atom stereocenters. The van der Waals surface area contributed by atoms with Crippen LogP contribution < -0.4 is 5.73 Å². The molecule has 0 spiro atoms. The topological polar surface area (TPSA) is 72.5 Å². The van der Waals surface area contributed by atoms with Gasteiger partial charge in [-0.3, -0.25) is 0 Å². The summed E-state index contributed by atoms with van der Waals surface area (Å²) >= 11 is 0. The van der Waals surface area contributed by atoms with Crippen LogP contribution >= 0.6 is 0 Å². The quantitative estimate of drug-likeness (QED) is 0.931. The van der Waals surface area contributed by atoms with Gasteiger partial charge in [-0.1, -0.05) is 60.7 Å². The lowest BCUT2D eigenvalue weighted by molar-refractivity contribution is 0.566. The van der Waals surface area contributed by atoms with Gasteiger partial charge in [0.15, 0.2) is 0 Å². The van der Waals surface area contributed by atoms with Crippen LogP contribution in [-0.4, -0.2) is 8.42 Å². The molecule has 0 fully saturated rings. The molecule has 0 aliphatic heterocycles. The third kappa shape index (κ3) is 3.49. The average molecular weight is 274 g/mol. The molecule has 4 nitrogen and oxygen atoms in total. The first kappa shape index (κ1) is 13.5. The molecule has 0 heterocycles. The normalized spacial score (nSPS) is 13.5. The minimum Gasteiger partial charge on any atom is -0.322 e. The fraction of sp³-hybridized carbons (Fsp3) is 0.143. The molecule has 0 radical (unpaired) electrons. The van der Waals surface area contributed by atoms with Crippen molar-refractivity contribution >= 4 is 10.5 Å². The molecule has 2 aromatic rings. The Kier molecular flexibility index (Phi) is 4.43. The fourth-order valence-electron chi connectivity index (χ4n) is 1.93. The Balaban J connectivity index is 2.42. The largest absolute Gasteiger partial charge is 0.322 e. The van der Waals surface area contributed by atoms with E-state index >= 15 is 0 Å². The number of rotatable bonds is 4. The maximum atomic E-state index is 10.9. The zero-order valence-electron chi connectivity index (χ0n) is 10.2. The average Bonchev–Trinajstić information content (AvgIpc) is 2.46. The second-order valence-corrected chi connectivity index (χ2v) is 4.76. The highest BCUT2D eigenvalue weighted by Gasteiger charge is 2.21. The molecule has 5 heteroatoms. The van der Waals surface area contributed by atoms with Crippen LogP contribution in [0.4, 0.5) is 0 Å². The van der Waals surface area contributed by atoms with Crippen LogP contribution in [-0.2, 0) is 10.5 Å². The summed E-state index contributed by atoms with van der Waals surface area (Å²) in [4.78, 5) is 0. The van der Waals surface area contributed by atoms with E-state index in [-0.39, 0.29) is 0 Å². The maximum Gasteiger partial charge on any atom is 0.311 e. The van der Waals surface area contributed by atoms with E-state index < -0.39 is 22.6 Å². The van der Waals surface area contributed by atoms with Crippen LogP contribution in [0.1, 0.15) is 23.2 Å². The van der Waals surface area contributed by atoms with Gasteiger partial charge < -0.3 is 5.73 Å². The van der Waals surface area contributed by atoms with Crippen molar-refractivity contribution in [2.75, 3.05) is 0 Å². The van der Waals surface area contributed by atoms with Crippen LogP contribution in [0.2, 0.25) is 0 Å². The van der Waals surface area contributed by atoms with E-state index in [2.05, 4.69) is 4.36 Å². The smallest absolute Gasteiger partial charge is 0.311 e. The zero-order valence-corrected chi connectivity index (χ0v) is 11.0. The fourth-order valence-corrected chi connectivity index (χ4v) is 2.37. The summed E-state index contributed by atoms with van der Waals surface area (Å²) in [6.45, 7) is 0. The van der Waals surface area contributed by atoms with Gasteiger partial charge in [-0.25, -0.2) is 0 Å². The highest BCUT2D eigenvalue weighted by molar-refractivity contribution is 7.61. The van der Waals surface area contributed by atoms with Crippen LogP contribution in [0.5, 0.6) is 0 Å². The first-order valence-electron chi connectivity index (χ1n) is 5.84. The van der Waals surface area contributed by atoms with Gasteiger partial charge in [0.1, 0.15) is 6.04 Å². The summed E-state index contributed by atoms with van der Waals surface area (Å²) in [5.74, 6) is 0. The molecule has 19 heavy (non-hydrogen) atoms. The van der Waals surface area contributed by atoms with Crippen LogP contribution in [0.25, 0.3) is 0 Å². The molecular formula is C14H14N2O2S. The van der Waals surface area contributed by atoms with Crippen molar-refractivity contribution < 1.29 is 8.42 Å². The summed E-state index contributed by atoms with van der Waals surface area (Å²) in [5, 5.41) is 0. The third-order valence-corrected chi connectivity index (χ3v) is 3.26. The van der Waals surface area contributed by atoms with E-state index in [1.165, 1.54) is 0 Å². The predicted octanol–water partition coefficient (Wildman–Crippen LogP) is 2.49. The first-order chi connectivity index (χ1) is 9.18. The molecule has 98 valence electrons. The van der Waals surface area contributed by atoms with Crippen LogP contribution in [0.3, 0.4) is 0 Å². The van der Waals surface area contributed by atoms with Gasteiger partial charge >= 0.3 is 10.5 Å². The standard InChI is InChI=1S/C14H14N2O2S/c15-13(11-7-3-1-4-8-11)14(16-19(17)18)12-9-5-2-6-10-12/h1-10,13-14H,15H2/t13-,14-/m0/s1. The number of nitrogens with two attached hydrogens (primary N) is 1. The van der Waals surface area contributed by atoms with Gasteiger partial charge in [-0.2, -0.15) is 12.8 Å². The Morgan fingerprint density at radius 2 is 1.32 bits per heavy atom. The second kappa shape index (κ2) is 6.26. The van der Waals surface area contributed by atoms with Crippen molar-refractivity contribution in [3.05, 3.63) is 71.8 Å². The second-order valence-electron chi connectivity index (χ2n) is 4.11. The van der Waals surface area contributed by atoms with E-state index in [4.69, 9.17) is 5.73 Å². The zero-order chi connectivity index (χ0) is 13.7. The van der Waals surface area contributed by atoms with Gasteiger partial charge in [0, 0.05) is 0 Å². The van der Waals surface area contributed by atoms with Crippen molar-refractivity contribution in [3.8, 4) is 0 Å². The Bertz CT molecular complexity index is 646. The van der Waals surface area contributed by atoms with Crippen molar-refractivity contribution in [3.63, 3.8) is 0 Å². The summed E-state index contributed by atoms with van der Waals surface area (Å²) in [6, 6.07) is 17.4. The predicted molar refractivity (Wildman–Crippen MR) is 73.9 cm³/mol. The molecule has 0 unspecified atom stereocenters. The van der Waals surface area contributed by atoms with Gasteiger partial charge in [-0.05, 0) is 11.1 Å². The SMILES string of the molecule is N[C@@H](c1ccccc1)[C@@H](N=S(=O)=O)c1ccccc1. The van der Waals surface area contributed by atoms with Gasteiger partial charge in [0.05, 0.1) is 6.04 Å². The van der Waals surface area contributed by atoms with Crippen LogP contribution in [0.15, 0.2) is 65.0 Å². The van der Waals surface area contributed by atoms with Crippen molar-refractivity contribution in [1.29, 1.82) is 0 Å². The van der Waals surface area contributed by atoms with Crippen LogP contribution in [0, 0.1) is 0 Å². The van der Waals surface area contributed by atoms with E-state index in [1.54, 1.807) is 0 Å². The van der Waals surface area contributed by atoms with Gasteiger partial charge in [0.2, 0.25) is 0 Å². The summed E-state index contributed by atoms with van der Waals surface area (Å²) in [5.41, 5.74) is 7.79. The maximum absolute atomic E-state index is 10.9. The van der Waals surface area contributed by atoms with E-state index in [0.717, 1.165) is 11.1 Å². The van der Waals surface area contributed by atoms with Crippen molar-refractivity contribution in [2.45, 2.75) is 12.1 Å². The van der Waals surface area contributed by atoms with Gasteiger partial charge in [0.25, 0.3) is 0 Å². The Morgan fingerprint density at radius 1 is 0.842 bits per heavy atom. The summed E-state index contributed by atoms with van der Waals surface area (Å²) in [6.07, 6.45) is 0. The Morgan fingerprint density at radius 3 is 1.79 bits per heavy atom. The molecule has 0 aliphatic rings. The van der Waals surface area contributed by atoms with Crippen molar-refractivity contribution in [1.82, 2.24) is 0 Å². The molecule has 0 aromatic heterocycles. The first-order valence-corrected chi connectivity index (χ1v) is 6.87. The highest BCUT2D eigenvalue weighted by atomic mass is 32.2. The molecule has 0 bridgehead atoms. The monoisotopic (exact) mass is 274 g/mol. The molecule has 0 saturated heterocycles. The molecule has 0 aliphatic carbocycles. The number of benzene rings is 2. The lowest BCUT2D eigenvalue weighted by Gasteiger charge is -2.19. The lowest BCUT2D eigenvalue weighted by Crippen LogP contribution is -2.18. The molecule has 0 saturated carbocycles. The third-order valence-electron chi connectivity index (χ3n) is 2.87. The molecular weight excluding hydrogens is 260 g/mol. The van der Waals surface area contributed by atoms with Crippen molar-refractivity contribution in [2.24, 2.45) is 10.1 Å². The molecule has 2 aromatic carbocycles. The number of nitrogens with zero attached hydrogens (tertiary/aromatic N) is 1. The lowest BCUT2D eigenvalue weighted by atomic mass is 9.95. The minimum atomic E-state index is -2.50. The van der Waals surface area contributed by atoms with E-state index in [9.17, 15) is 8.42 Å². The summed E-state index contributed by atoms with van der Waals surface area (Å²) in [7, 11) is -2.50. The molecule has 2 rings (SSSR count). The van der Waals surface area contributed by atoms with E-state index in [1.807, 2.05) is 60.7 Å². The molecule has 2 N–H and O–H groups in total. The highest BCUT2D eigenvalue weighted by Crippen LogP contribution is 2.29. The summed E-state index contributed by atoms with van der Waals surface area (Å²) < 4.78 is 25.5. The van der Waals surface area contributed by atoms with Gasteiger partial charge in [-0.15, -0.1) is 0 Å². The molecule has 0 amide bonds. The number of hydrogen-bond acceptors (Lipinski definition) is 4. The minimum absolute atomic E-state index is 0.499. The van der Waals surface area contributed by atoms with E-state index in [0.29, 0.717) is 0 Å². The number of hydrogen-bond donors (Lipinski definition) is 1. The Hall–Kier alpha value is -1.98. The Labute approximate surface area is 113 Å².